The Hall–Kier alpha value is -2.19. The predicted molar refractivity (Wildman–Crippen MR) is 111 cm³/mol. The number of fused-ring (bicyclic) bond motifs is 1. The van der Waals surface area contributed by atoms with Crippen LogP contribution >= 0.6 is 23.2 Å². The van der Waals surface area contributed by atoms with Crippen LogP contribution in [0.1, 0.15) is 5.56 Å². The molecule has 0 aliphatic carbocycles. The van der Waals surface area contributed by atoms with Crippen LogP contribution in [0, 0.1) is 6.92 Å². The van der Waals surface area contributed by atoms with Crippen LogP contribution in [-0.2, 0) is 14.8 Å². The number of carbonyl (C=O) groups is 1. The van der Waals surface area contributed by atoms with Gasteiger partial charge in [-0.15, -0.1) is 0 Å². The van der Waals surface area contributed by atoms with Gasteiger partial charge in [0.1, 0.15) is 4.90 Å². The number of anilines is 1. The van der Waals surface area contributed by atoms with Crippen molar-refractivity contribution >= 4 is 55.7 Å². The number of halogens is 2. The summed E-state index contributed by atoms with van der Waals surface area (Å²) in [4.78, 5) is 16.7. The van der Waals surface area contributed by atoms with E-state index in [1.54, 1.807) is 36.5 Å². The minimum Gasteiger partial charge on any atom is -0.322 e. The van der Waals surface area contributed by atoms with Gasteiger partial charge in [0, 0.05) is 18.6 Å². The first kappa shape index (κ1) is 20.5. The van der Waals surface area contributed by atoms with Crippen molar-refractivity contribution in [3.63, 3.8) is 0 Å². The topological polar surface area (TPSA) is 79.4 Å². The van der Waals surface area contributed by atoms with Crippen molar-refractivity contribution in [2.45, 2.75) is 11.8 Å². The lowest BCUT2D eigenvalue weighted by atomic mass is 10.2. The summed E-state index contributed by atoms with van der Waals surface area (Å²) in [6.45, 7) is 1.47. The summed E-state index contributed by atoms with van der Waals surface area (Å²) in [6, 6.07) is 11.6. The highest BCUT2D eigenvalue weighted by Gasteiger charge is 2.26. The first-order valence-electron chi connectivity index (χ1n) is 8.25. The van der Waals surface area contributed by atoms with E-state index in [1.165, 1.54) is 13.1 Å². The number of hydrogen-bond donors (Lipinski definition) is 1. The van der Waals surface area contributed by atoms with Gasteiger partial charge in [-0.2, -0.15) is 4.31 Å². The van der Waals surface area contributed by atoms with Crippen LogP contribution in [0.3, 0.4) is 0 Å². The maximum absolute atomic E-state index is 13.0. The minimum atomic E-state index is -3.94. The van der Waals surface area contributed by atoms with Gasteiger partial charge in [-0.05, 0) is 36.8 Å². The molecule has 3 rings (SSSR count). The number of rotatable bonds is 5. The minimum absolute atomic E-state index is 0.0380. The van der Waals surface area contributed by atoms with Crippen molar-refractivity contribution in [1.82, 2.24) is 9.29 Å². The quantitative estimate of drug-likeness (QED) is 0.650. The summed E-state index contributed by atoms with van der Waals surface area (Å²) < 4.78 is 27.0. The van der Waals surface area contributed by atoms with Gasteiger partial charge < -0.3 is 5.32 Å². The Bertz CT molecular complexity index is 1150. The van der Waals surface area contributed by atoms with Crippen molar-refractivity contribution < 1.29 is 13.2 Å². The van der Waals surface area contributed by atoms with Crippen molar-refractivity contribution in [2.24, 2.45) is 0 Å². The summed E-state index contributed by atoms with van der Waals surface area (Å²) in [5, 5.41) is 3.79. The number of benzene rings is 2. The number of para-hydroxylation sites is 2. The lowest BCUT2D eigenvalue weighted by Crippen LogP contribution is -2.35. The lowest BCUT2D eigenvalue weighted by Gasteiger charge is -2.18. The molecule has 0 aliphatic rings. The van der Waals surface area contributed by atoms with E-state index >= 15 is 0 Å². The van der Waals surface area contributed by atoms with Gasteiger partial charge in [0.05, 0.1) is 27.8 Å². The average molecular weight is 438 g/mol. The van der Waals surface area contributed by atoms with Crippen LogP contribution in [0.2, 0.25) is 10.0 Å². The number of sulfonamides is 1. The summed E-state index contributed by atoms with van der Waals surface area (Å²) in [6.07, 6.45) is 1.60. The maximum Gasteiger partial charge on any atom is 0.245 e. The Balaban J connectivity index is 1.86. The number of nitrogens with zero attached hydrogens (tertiary/aromatic N) is 2. The second kappa shape index (κ2) is 8.05. The Morgan fingerprint density at radius 3 is 2.46 bits per heavy atom. The molecule has 1 amide bonds. The van der Waals surface area contributed by atoms with Crippen LogP contribution in [0.25, 0.3) is 10.9 Å². The van der Waals surface area contributed by atoms with E-state index in [1.807, 2.05) is 13.0 Å². The molecule has 0 radical (unpaired) electrons. The lowest BCUT2D eigenvalue weighted by molar-refractivity contribution is -0.116. The Morgan fingerprint density at radius 1 is 1.14 bits per heavy atom. The summed E-state index contributed by atoms with van der Waals surface area (Å²) in [7, 11) is -2.61. The van der Waals surface area contributed by atoms with Gasteiger partial charge in [-0.1, -0.05) is 41.4 Å². The molecule has 0 saturated carbocycles. The van der Waals surface area contributed by atoms with Gasteiger partial charge in [0.15, 0.2) is 0 Å². The molecule has 6 nitrogen and oxygen atoms in total. The van der Waals surface area contributed by atoms with Crippen LogP contribution < -0.4 is 5.32 Å². The summed E-state index contributed by atoms with van der Waals surface area (Å²) in [5.74, 6) is -0.565. The molecule has 0 bridgehead atoms. The first-order valence-corrected chi connectivity index (χ1v) is 10.5. The third-order valence-electron chi connectivity index (χ3n) is 4.09. The monoisotopic (exact) mass is 437 g/mol. The van der Waals surface area contributed by atoms with Gasteiger partial charge in [-0.25, -0.2) is 8.42 Å². The maximum atomic E-state index is 13.0. The van der Waals surface area contributed by atoms with Crippen molar-refractivity contribution in [1.29, 1.82) is 0 Å². The second-order valence-corrected chi connectivity index (χ2v) is 9.07. The fourth-order valence-electron chi connectivity index (χ4n) is 2.70. The van der Waals surface area contributed by atoms with E-state index < -0.39 is 22.5 Å². The second-order valence-electron chi connectivity index (χ2n) is 6.25. The van der Waals surface area contributed by atoms with Gasteiger partial charge >= 0.3 is 0 Å². The zero-order valence-electron chi connectivity index (χ0n) is 15.1. The van der Waals surface area contributed by atoms with Gasteiger partial charge in [0.2, 0.25) is 15.9 Å². The highest BCUT2D eigenvalue weighted by Crippen LogP contribution is 2.30. The predicted octanol–water partition coefficient (Wildman–Crippen LogP) is 4.11. The van der Waals surface area contributed by atoms with E-state index in [0.29, 0.717) is 10.9 Å². The number of amides is 1. The number of carbonyl (C=O) groups excluding carboxylic acids is 1. The zero-order chi connectivity index (χ0) is 20.5. The van der Waals surface area contributed by atoms with Gasteiger partial charge in [-0.3, -0.25) is 9.78 Å². The van der Waals surface area contributed by atoms with Crippen LogP contribution in [-0.4, -0.2) is 37.2 Å². The summed E-state index contributed by atoms with van der Waals surface area (Å²) >= 11 is 12.1. The molecule has 0 atom stereocenters. The van der Waals surface area contributed by atoms with Crippen molar-refractivity contribution in [3.8, 4) is 0 Å². The molecule has 0 saturated heterocycles. The number of aryl methyl sites for hydroxylation is 1. The van der Waals surface area contributed by atoms with E-state index in [9.17, 15) is 13.2 Å². The number of nitrogens with one attached hydrogen (secondary N) is 1. The highest BCUT2D eigenvalue weighted by molar-refractivity contribution is 7.89. The van der Waals surface area contributed by atoms with E-state index in [0.717, 1.165) is 9.87 Å². The molecule has 0 aliphatic heterocycles. The molecule has 28 heavy (non-hydrogen) atoms. The summed E-state index contributed by atoms with van der Waals surface area (Å²) in [5.41, 5.74) is 1.52. The van der Waals surface area contributed by atoms with Crippen molar-refractivity contribution in [2.75, 3.05) is 18.9 Å². The third-order valence-corrected chi connectivity index (χ3v) is 6.56. The number of aromatic nitrogens is 1. The first-order chi connectivity index (χ1) is 13.2. The standard InChI is InChI=1S/C19H17Cl2N3O3S/c1-12-9-13-5-3-8-16(18(13)22-10-12)28(26,27)24(2)11-17(25)23-19-14(20)6-4-7-15(19)21/h3-10H,11H2,1-2H3,(H,23,25). The molecular weight excluding hydrogens is 421 g/mol. The fraction of sp³-hybridized carbons (Fsp3) is 0.158. The molecule has 1 aromatic heterocycles. The molecule has 3 aromatic rings. The molecule has 9 heteroatoms. The smallest absolute Gasteiger partial charge is 0.245 e. The van der Waals surface area contributed by atoms with E-state index in [-0.39, 0.29) is 20.6 Å². The molecule has 1 N–H and O–H groups in total. The van der Waals surface area contributed by atoms with Crippen molar-refractivity contribution in [3.05, 3.63) is 64.3 Å². The third kappa shape index (κ3) is 4.12. The molecule has 146 valence electrons. The Kier molecular flexibility index (Phi) is 5.90. The molecule has 0 spiro atoms. The van der Waals surface area contributed by atoms with E-state index in [2.05, 4.69) is 10.3 Å². The van der Waals surface area contributed by atoms with Crippen LogP contribution in [0.15, 0.2) is 53.6 Å². The molecular formula is C19H17Cl2N3O3S. The Morgan fingerprint density at radius 2 is 1.79 bits per heavy atom. The number of hydrogen-bond acceptors (Lipinski definition) is 4. The number of likely N-dealkylation sites (N-methyl/N-ethyl adjacent to an activating group) is 1. The molecule has 2 aromatic carbocycles. The largest absolute Gasteiger partial charge is 0.322 e. The van der Waals surface area contributed by atoms with Crippen LogP contribution in [0.4, 0.5) is 5.69 Å². The fourth-order valence-corrected chi connectivity index (χ4v) is 4.48. The molecule has 0 unspecified atom stereocenters. The Labute approximate surface area is 173 Å². The molecule has 0 fully saturated rings. The normalized spacial score (nSPS) is 11.8. The number of pyridine rings is 1. The zero-order valence-corrected chi connectivity index (χ0v) is 17.4. The van der Waals surface area contributed by atoms with E-state index in [4.69, 9.17) is 23.2 Å². The molecule has 1 heterocycles. The van der Waals surface area contributed by atoms with Crippen LogP contribution in [0.5, 0.6) is 0 Å². The van der Waals surface area contributed by atoms with Gasteiger partial charge in [0.25, 0.3) is 0 Å². The highest BCUT2D eigenvalue weighted by atomic mass is 35.5. The average Bonchev–Trinajstić information content (AvgIpc) is 2.64. The SMILES string of the molecule is Cc1cnc2c(S(=O)(=O)N(C)CC(=O)Nc3c(Cl)cccc3Cl)cccc2c1.